The van der Waals surface area contributed by atoms with Crippen LogP contribution in [0, 0.1) is 6.92 Å². The van der Waals surface area contributed by atoms with E-state index in [0.29, 0.717) is 19.1 Å². The lowest BCUT2D eigenvalue weighted by molar-refractivity contribution is 0.171. The van der Waals surface area contributed by atoms with Gasteiger partial charge in [-0.05, 0) is 43.1 Å². The van der Waals surface area contributed by atoms with E-state index in [9.17, 15) is 0 Å². The fourth-order valence-electron chi connectivity index (χ4n) is 2.15. The molecule has 1 heterocycles. The SMILES string of the molecule is CNCC(C)c1cc2c(cc1C)OCCO2. The lowest BCUT2D eigenvalue weighted by Crippen LogP contribution is -2.18. The van der Waals surface area contributed by atoms with Crippen molar-refractivity contribution in [2.45, 2.75) is 19.8 Å². The van der Waals surface area contributed by atoms with Gasteiger partial charge in [-0.2, -0.15) is 0 Å². The van der Waals surface area contributed by atoms with Crippen LogP contribution in [0.1, 0.15) is 24.0 Å². The van der Waals surface area contributed by atoms with E-state index in [4.69, 9.17) is 9.47 Å². The maximum absolute atomic E-state index is 5.60. The van der Waals surface area contributed by atoms with Gasteiger partial charge in [0, 0.05) is 6.54 Å². The predicted octanol–water partition coefficient (Wildman–Crippen LogP) is 2.09. The molecular formula is C13H19NO2. The maximum atomic E-state index is 5.60. The van der Waals surface area contributed by atoms with Gasteiger partial charge in [-0.3, -0.25) is 0 Å². The molecule has 2 rings (SSSR count). The standard InChI is InChI=1S/C13H19NO2/c1-9-6-12-13(16-5-4-15-12)7-11(9)10(2)8-14-3/h6-7,10,14H,4-5,8H2,1-3H3. The first-order valence-electron chi connectivity index (χ1n) is 5.77. The van der Waals surface area contributed by atoms with E-state index in [1.807, 2.05) is 7.05 Å². The number of likely N-dealkylation sites (N-methyl/N-ethyl adjacent to an activating group) is 1. The Morgan fingerprint density at radius 2 is 1.88 bits per heavy atom. The minimum Gasteiger partial charge on any atom is -0.486 e. The number of benzene rings is 1. The predicted molar refractivity (Wildman–Crippen MR) is 64.5 cm³/mol. The molecule has 1 unspecified atom stereocenters. The Hall–Kier alpha value is -1.22. The molecule has 0 saturated heterocycles. The number of ether oxygens (including phenoxy) is 2. The highest BCUT2D eigenvalue weighted by atomic mass is 16.6. The third-order valence-electron chi connectivity index (χ3n) is 2.97. The minimum absolute atomic E-state index is 0.487. The molecule has 0 radical (unpaired) electrons. The second kappa shape index (κ2) is 4.74. The highest BCUT2D eigenvalue weighted by Crippen LogP contribution is 2.35. The van der Waals surface area contributed by atoms with Crippen LogP contribution in [0.25, 0.3) is 0 Å². The zero-order valence-corrected chi connectivity index (χ0v) is 10.2. The maximum Gasteiger partial charge on any atom is 0.161 e. The van der Waals surface area contributed by atoms with Gasteiger partial charge in [0.2, 0.25) is 0 Å². The van der Waals surface area contributed by atoms with E-state index < -0.39 is 0 Å². The second-order valence-corrected chi connectivity index (χ2v) is 4.31. The number of nitrogens with one attached hydrogen (secondary N) is 1. The molecule has 16 heavy (non-hydrogen) atoms. The smallest absolute Gasteiger partial charge is 0.161 e. The van der Waals surface area contributed by atoms with Crippen LogP contribution in [0.4, 0.5) is 0 Å². The molecule has 1 aromatic rings. The van der Waals surface area contributed by atoms with Crippen molar-refractivity contribution in [3.8, 4) is 11.5 Å². The van der Waals surface area contributed by atoms with Crippen molar-refractivity contribution in [3.05, 3.63) is 23.3 Å². The van der Waals surface area contributed by atoms with Crippen molar-refractivity contribution in [3.63, 3.8) is 0 Å². The van der Waals surface area contributed by atoms with Gasteiger partial charge < -0.3 is 14.8 Å². The Bertz CT molecular complexity index is 376. The Morgan fingerprint density at radius 3 is 2.50 bits per heavy atom. The Kier molecular flexibility index (Phi) is 3.34. The molecule has 3 nitrogen and oxygen atoms in total. The summed E-state index contributed by atoms with van der Waals surface area (Å²) in [6.45, 7) is 6.61. The summed E-state index contributed by atoms with van der Waals surface area (Å²) in [6, 6.07) is 4.20. The number of aryl methyl sites for hydroxylation is 1. The van der Waals surface area contributed by atoms with Gasteiger partial charge in [-0.25, -0.2) is 0 Å². The molecule has 1 aliphatic heterocycles. The average molecular weight is 221 g/mol. The van der Waals surface area contributed by atoms with Gasteiger partial charge in [-0.1, -0.05) is 6.92 Å². The summed E-state index contributed by atoms with van der Waals surface area (Å²) in [4.78, 5) is 0. The summed E-state index contributed by atoms with van der Waals surface area (Å²) in [5.74, 6) is 2.25. The average Bonchev–Trinajstić information content (AvgIpc) is 2.28. The highest BCUT2D eigenvalue weighted by molar-refractivity contribution is 5.48. The monoisotopic (exact) mass is 221 g/mol. The molecule has 0 aliphatic carbocycles. The van der Waals surface area contributed by atoms with Crippen LogP contribution in [-0.4, -0.2) is 26.8 Å². The molecule has 3 heteroatoms. The molecular weight excluding hydrogens is 202 g/mol. The first kappa shape index (κ1) is 11.3. The van der Waals surface area contributed by atoms with Crippen LogP contribution in [-0.2, 0) is 0 Å². The quantitative estimate of drug-likeness (QED) is 0.847. The normalized spacial score (nSPS) is 15.9. The van der Waals surface area contributed by atoms with Crippen LogP contribution in [0.2, 0.25) is 0 Å². The van der Waals surface area contributed by atoms with Crippen molar-refractivity contribution < 1.29 is 9.47 Å². The summed E-state index contributed by atoms with van der Waals surface area (Å²) in [6.07, 6.45) is 0. The van der Waals surface area contributed by atoms with Crippen LogP contribution < -0.4 is 14.8 Å². The van der Waals surface area contributed by atoms with E-state index in [2.05, 4.69) is 31.3 Å². The molecule has 1 atom stereocenters. The van der Waals surface area contributed by atoms with Crippen LogP contribution >= 0.6 is 0 Å². The van der Waals surface area contributed by atoms with Gasteiger partial charge in [0.05, 0.1) is 0 Å². The first-order chi connectivity index (χ1) is 7.72. The van der Waals surface area contributed by atoms with Crippen LogP contribution in [0.5, 0.6) is 11.5 Å². The molecule has 88 valence electrons. The third kappa shape index (κ3) is 2.14. The van der Waals surface area contributed by atoms with Gasteiger partial charge in [0.25, 0.3) is 0 Å². The molecule has 0 fully saturated rings. The van der Waals surface area contributed by atoms with Gasteiger partial charge in [0.15, 0.2) is 11.5 Å². The zero-order valence-electron chi connectivity index (χ0n) is 10.2. The van der Waals surface area contributed by atoms with Crippen molar-refractivity contribution >= 4 is 0 Å². The van der Waals surface area contributed by atoms with Gasteiger partial charge >= 0.3 is 0 Å². The van der Waals surface area contributed by atoms with Crippen LogP contribution in [0.3, 0.4) is 0 Å². The number of hydrogen-bond acceptors (Lipinski definition) is 3. The summed E-state index contributed by atoms with van der Waals surface area (Å²) >= 11 is 0. The molecule has 0 aromatic heterocycles. The first-order valence-corrected chi connectivity index (χ1v) is 5.77. The lowest BCUT2D eigenvalue weighted by atomic mass is 9.95. The molecule has 0 saturated carbocycles. The van der Waals surface area contributed by atoms with Gasteiger partial charge in [0.1, 0.15) is 13.2 Å². The number of hydrogen-bond donors (Lipinski definition) is 1. The Morgan fingerprint density at radius 1 is 1.25 bits per heavy atom. The van der Waals surface area contributed by atoms with Crippen molar-refractivity contribution in [1.82, 2.24) is 5.32 Å². The molecule has 1 aliphatic rings. The fourth-order valence-corrected chi connectivity index (χ4v) is 2.15. The second-order valence-electron chi connectivity index (χ2n) is 4.31. The van der Waals surface area contributed by atoms with Gasteiger partial charge in [-0.15, -0.1) is 0 Å². The molecule has 0 spiro atoms. The van der Waals surface area contributed by atoms with E-state index in [-0.39, 0.29) is 0 Å². The fraction of sp³-hybridized carbons (Fsp3) is 0.538. The summed E-state index contributed by atoms with van der Waals surface area (Å²) in [5, 5.41) is 3.20. The number of fused-ring (bicyclic) bond motifs is 1. The minimum atomic E-state index is 0.487. The molecule has 1 aromatic carbocycles. The zero-order chi connectivity index (χ0) is 11.5. The van der Waals surface area contributed by atoms with Crippen LogP contribution in [0.15, 0.2) is 12.1 Å². The number of rotatable bonds is 3. The molecule has 1 N–H and O–H groups in total. The van der Waals surface area contributed by atoms with Crippen molar-refractivity contribution in [2.24, 2.45) is 0 Å². The summed E-state index contributed by atoms with van der Waals surface area (Å²) in [7, 11) is 1.98. The van der Waals surface area contributed by atoms with E-state index in [1.165, 1.54) is 11.1 Å². The topological polar surface area (TPSA) is 30.5 Å². The van der Waals surface area contributed by atoms with Crippen molar-refractivity contribution in [1.29, 1.82) is 0 Å². The largest absolute Gasteiger partial charge is 0.486 e. The molecule has 0 amide bonds. The van der Waals surface area contributed by atoms with E-state index in [1.54, 1.807) is 0 Å². The van der Waals surface area contributed by atoms with E-state index >= 15 is 0 Å². The third-order valence-corrected chi connectivity index (χ3v) is 2.97. The Balaban J connectivity index is 2.31. The summed E-state index contributed by atoms with van der Waals surface area (Å²) in [5.41, 5.74) is 2.60. The highest BCUT2D eigenvalue weighted by Gasteiger charge is 2.16. The van der Waals surface area contributed by atoms with Crippen molar-refractivity contribution in [2.75, 3.05) is 26.8 Å². The molecule has 0 bridgehead atoms. The van der Waals surface area contributed by atoms with E-state index in [0.717, 1.165) is 18.0 Å². The lowest BCUT2D eigenvalue weighted by Gasteiger charge is -2.22. The Labute approximate surface area is 96.8 Å². The summed E-state index contributed by atoms with van der Waals surface area (Å²) < 4.78 is 11.2.